The lowest BCUT2D eigenvalue weighted by Crippen LogP contribution is -2.21. The van der Waals surface area contributed by atoms with Crippen LogP contribution in [-0.2, 0) is 11.2 Å². The molecule has 0 amide bonds. The van der Waals surface area contributed by atoms with E-state index in [2.05, 4.69) is 4.90 Å². The van der Waals surface area contributed by atoms with Crippen LogP contribution in [0.4, 0.5) is 5.69 Å². The summed E-state index contributed by atoms with van der Waals surface area (Å²) < 4.78 is 0. The molecule has 2 atom stereocenters. The molecule has 1 saturated heterocycles. The number of hydrogen-bond acceptors (Lipinski definition) is 2. The maximum atomic E-state index is 10.5. The quantitative estimate of drug-likeness (QED) is 0.838. The predicted octanol–water partition coefficient (Wildman–Crippen LogP) is 1.77. The number of benzene rings is 1. The Balaban J connectivity index is 1.69. The molecular weight excluding hydrogens is 202 g/mol. The van der Waals surface area contributed by atoms with Gasteiger partial charge in [0.05, 0.1) is 6.42 Å². The molecule has 0 bridgehead atoms. The second-order valence-corrected chi connectivity index (χ2v) is 4.90. The van der Waals surface area contributed by atoms with Crippen LogP contribution in [0.25, 0.3) is 0 Å². The number of rotatable bonds is 3. The Hall–Kier alpha value is -1.51. The van der Waals surface area contributed by atoms with Crippen molar-refractivity contribution in [1.29, 1.82) is 0 Å². The minimum atomic E-state index is -0.768. The number of carbonyl (C=O) groups is 1. The van der Waals surface area contributed by atoms with Crippen LogP contribution in [-0.4, -0.2) is 24.2 Å². The summed E-state index contributed by atoms with van der Waals surface area (Å²) >= 11 is 0. The molecule has 1 N–H and O–H groups in total. The van der Waals surface area contributed by atoms with Gasteiger partial charge in [-0.15, -0.1) is 0 Å². The zero-order valence-corrected chi connectivity index (χ0v) is 9.10. The lowest BCUT2D eigenvalue weighted by Gasteiger charge is -2.20. The first-order chi connectivity index (χ1) is 7.72. The highest BCUT2D eigenvalue weighted by molar-refractivity contribution is 5.70. The average molecular weight is 217 g/mol. The van der Waals surface area contributed by atoms with E-state index in [-0.39, 0.29) is 6.42 Å². The highest BCUT2D eigenvalue weighted by Crippen LogP contribution is 2.46. The third-order valence-electron chi connectivity index (χ3n) is 3.64. The fourth-order valence-corrected chi connectivity index (χ4v) is 2.61. The van der Waals surface area contributed by atoms with Crippen molar-refractivity contribution in [2.24, 2.45) is 11.8 Å². The van der Waals surface area contributed by atoms with Gasteiger partial charge >= 0.3 is 5.97 Å². The Bertz CT molecular complexity index is 402. The van der Waals surface area contributed by atoms with Gasteiger partial charge in [0.15, 0.2) is 0 Å². The Morgan fingerprint density at radius 1 is 1.25 bits per heavy atom. The number of hydrogen-bond donors (Lipinski definition) is 1. The number of anilines is 1. The maximum absolute atomic E-state index is 10.5. The Morgan fingerprint density at radius 2 is 1.88 bits per heavy atom. The van der Waals surface area contributed by atoms with Gasteiger partial charge in [0.1, 0.15) is 0 Å². The fraction of sp³-hybridized carbons (Fsp3) is 0.462. The van der Waals surface area contributed by atoms with Crippen molar-refractivity contribution in [2.45, 2.75) is 12.8 Å². The Kier molecular flexibility index (Phi) is 2.13. The minimum Gasteiger partial charge on any atom is -0.481 e. The van der Waals surface area contributed by atoms with Crippen LogP contribution in [0.1, 0.15) is 12.0 Å². The topological polar surface area (TPSA) is 40.5 Å². The summed E-state index contributed by atoms with van der Waals surface area (Å²) in [5.74, 6) is 1.09. The molecule has 0 radical (unpaired) electrons. The number of aliphatic carboxylic acids is 1. The summed E-state index contributed by atoms with van der Waals surface area (Å²) in [4.78, 5) is 13.0. The van der Waals surface area contributed by atoms with Gasteiger partial charge in [-0.3, -0.25) is 4.79 Å². The second-order valence-electron chi connectivity index (χ2n) is 4.90. The van der Waals surface area contributed by atoms with E-state index >= 15 is 0 Å². The molecule has 2 aliphatic rings. The third-order valence-corrected chi connectivity index (χ3v) is 3.64. The number of piperidine rings is 1. The second kappa shape index (κ2) is 3.51. The van der Waals surface area contributed by atoms with E-state index in [0.29, 0.717) is 0 Å². The molecule has 0 aromatic heterocycles. The number of carboxylic acid groups (broad SMARTS) is 1. The van der Waals surface area contributed by atoms with Crippen LogP contribution in [0.15, 0.2) is 24.3 Å². The first-order valence-electron chi connectivity index (χ1n) is 5.78. The highest BCUT2D eigenvalue weighted by atomic mass is 16.4. The van der Waals surface area contributed by atoms with E-state index in [0.717, 1.165) is 17.4 Å². The molecule has 1 aromatic carbocycles. The van der Waals surface area contributed by atoms with Crippen LogP contribution in [0.3, 0.4) is 0 Å². The van der Waals surface area contributed by atoms with Crippen molar-refractivity contribution < 1.29 is 9.90 Å². The zero-order valence-electron chi connectivity index (χ0n) is 9.10. The van der Waals surface area contributed by atoms with Gasteiger partial charge < -0.3 is 10.0 Å². The van der Waals surface area contributed by atoms with Crippen molar-refractivity contribution in [1.82, 2.24) is 0 Å². The molecule has 84 valence electrons. The molecule has 0 spiro atoms. The van der Waals surface area contributed by atoms with Gasteiger partial charge in [-0.05, 0) is 36.0 Å². The summed E-state index contributed by atoms with van der Waals surface area (Å²) in [6, 6.07) is 7.94. The maximum Gasteiger partial charge on any atom is 0.307 e. The predicted molar refractivity (Wildman–Crippen MR) is 61.6 cm³/mol. The molecule has 1 heterocycles. The van der Waals surface area contributed by atoms with Gasteiger partial charge in [-0.1, -0.05) is 12.1 Å². The van der Waals surface area contributed by atoms with E-state index in [1.54, 1.807) is 0 Å². The largest absolute Gasteiger partial charge is 0.481 e. The SMILES string of the molecule is O=C(O)Cc1ccc(N2CC3CC3C2)cc1. The van der Waals surface area contributed by atoms with Crippen LogP contribution < -0.4 is 4.90 Å². The molecule has 2 unspecified atom stereocenters. The molecule has 1 aliphatic carbocycles. The van der Waals surface area contributed by atoms with Crippen LogP contribution in [0, 0.1) is 11.8 Å². The highest BCUT2D eigenvalue weighted by Gasteiger charge is 2.44. The molecule has 16 heavy (non-hydrogen) atoms. The average Bonchev–Trinajstić information content (AvgIpc) is 2.86. The van der Waals surface area contributed by atoms with Crippen LogP contribution in [0.2, 0.25) is 0 Å². The first kappa shape index (κ1) is 9.70. The number of carboxylic acids is 1. The monoisotopic (exact) mass is 217 g/mol. The van der Waals surface area contributed by atoms with Crippen molar-refractivity contribution in [3.63, 3.8) is 0 Å². The minimum absolute atomic E-state index is 0.117. The standard InChI is InChI=1S/C13H15NO2/c15-13(16)5-9-1-3-12(4-2-9)14-7-10-6-11(10)8-14/h1-4,10-11H,5-8H2,(H,15,16). The van der Waals surface area contributed by atoms with E-state index in [9.17, 15) is 4.79 Å². The van der Waals surface area contributed by atoms with Gasteiger partial charge in [-0.2, -0.15) is 0 Å². The molecule has 3 nitrogen and oxygen atoms in total. The van der Waals surface area contributed by atoms with E-state index < -0.39 is 5.97 Å². The number of fused-ring (bicyclic) bond motifs is 1. The van der Waals surface area contributed by atoms with Gasteiger partial charge in [0, 0.05) is 18.8 Å². The van der Waals surface area contributed by atoms with Crippen molar-refractivity contribution in [3.8, 4) is 0 Å². The third kappa shape index (κ3) is 1.77. The molecule has 3 rings (SSSR count). The molecular formula is C13H15NO2. The van der Waals surface area contributed by atoms with Gasteiger partial charge in [0.2, 0.25) is 0 Å². The van der Waals surface area contributed by atoms with E-state index in [1.165, 1.54) is 25.2 Å². The Labute approximate surface area is 94.7 Å². The van der Waals surface area contributed by atoms with E-state index in [4.69, 9.17) is 5.11 Å². The summed E-state index contributed by atoms with van der Waals surface area (Å²) in [7, 11) is 0. The van der Waals surface area contributed by atoms with Crippen molar-refractivity contribution in [3.05, 3.63) is 29.8 Å². The normalized spacial score (nSPS) is 26.6. The van der Waals surface area contributed by atoms with Crippen LogP contribution >= 0.6 is 0 Å². The lowest BCUT2D eigenvalue weighted by molar-refractivity contribution is -0.136. The molecule has 1 saturated carbocycles. The van der Waals surface area contributed by atoms with Crippen molar-refractivity contribution >= 4 is 11.7 Å². The number of nitrogens with zero attached hydrogens (tertiary/aromatic N) is 1. The molecule has 3 heteroatoms. The Morgan fingerprint density at radius 3 is 2.44 bits per heavy atom. The summed E-state index contributed by atoms with van der Waals surface area (Å²) in [6.45, 7) is 2.37. The smallest absolute Gasteiger partial charge is 0.307 e. The summed E-state index contributed by atoms with van der Waals surface area (Å²) in [6.07, 6.45) is 1.53. The van der Waals surface area contributed by atoms with Gasteiger partial charge in [0.25, 0.3) is 0 Å². The molecule has 1 aromatic rings. The van der Waals surface area contributed by atoms with Gasteiger partial charge in [-0.25, -0.2) is 0 Å². The zero-order chi connectivity index (χ0) is 11.1. The van der Waals surface area contributed by atoms with E-state index in [1.807, 2.05) is 24.3 Å². The molecule has 2 fully saturated rings. The summed E-state index contributed by atoms with van der Waals surface area (Å²) in [5.41, 5.74) is 2.11. The van der Waals surface area contributed by atoms with Crippen molar-refractivity contribution in [2.75, 3.05) is 18.0 Å². The lowest BCUT2D eigenvalue weighted by atomic mass is 10.1. The molecule has 1 aliphatic heterocycles. The fourth-order valence-electron chi connectivity index (χ4n) is 2.61. The summed E-state index contributed by atoms with van der Waals surface area (Å²) in [5, 5.41) is 8.68. The first-order valence-corrected chi connectivity index (χ1v) is 5.78. The van der Waals surface area contributed by atoms with Crippen LogP contribution in [0.5, 0.6) is 0 Å².